The zero-order valence-electron chi connectivity index (χ0n) is 9.30. The molecule has 2 rings (SSSR count). The molecule has 0 saturated carbocycles. The maximum atomic E-state index is 11.6. The Morgan fingerprint density at radius 2 is 2.18 bits per heavy atom. The van der Waals surface area contributed by atoms with Crippen molar-refractivity contribution in [2.45, 2.75) is 6.92 Å². The minimum absolute atomic E-state index is 0.150. The van der Waals surface area contributed by atoms with E-state index in [0.717, 1.165) is 0 Å². The van der Waals surface area contributed by atoms with E-state index in [-0.39, 0.29) is 16.8 Å². The molecule has 0 amide bonds. The molecule has 0 spiro atoms. The molecule has 6 nitrogen and oxygen atoms in total. The number of carboxylic acids is 1. The van der Waals surface area contributed by atoms with E-state index < -0.39 is 11.9 Å². The number of aromatic carboxylic acids is 1. The maximum absolute atomic E-state index is 11.6. The molecule has 0 saturated heterocycles. The Balaban J connectivity index is 2.86. The van der Waals surface area contributed by atoms with Crippen molar-refractivity contribution < 1.29 is 19.4 Å². The highest BCUT2D eigenvalue weighted by Gasteiger charge is 2.21. The van der Waals surface area contributed by atoms with Gasteiger partial charge in [-0.15, -0.1) is 0 Å². The molecule has 2 heterocycles. The summed E-state index contributed by atoms with van der Waals surface area (Å²) in [5.41, 5.74) is 0.292. The van der Waals surface area contributed by atoms with Crippen LogP contribution in [0.25, 0.3) is 5.52 Å². The van der Waals surface area contributed by atoms with Crippen LogP contribution in [0, 0.1) is 6.92 Å². The number of hydrogen-bond acceptors (Lipinski definition) is 4. The predicted octanol–water partition coefficient (Wildman–Crippen LogP) is 1.13. The molecule has 0 atom stereocenters. The lowest BCUT2D eigenvalue weighted by molar-refractivity contribution is 0.0602. The summed E-state index contributed by atoms with van der Waals surface area (Å²) in [6, 6.07) is 3.15. The van der Waals surface area contributed by atoms with Crippen molar-refractivity contribution in [1.82, 2.24) is 9.38 Å². The second kappa shape index (κ2) is 3.89. The minimum atomic E-state index is -1.17. The summed E-state index contributed by atoms with van der Waals surface area (Å²) in [7, 11) is 1.25. The topological polar surface area (TPSA) is 80.9 Å². The number of hydrogen-bond donors (Lipinski definition) is 1. The van der Waals surface area contributed by atoms with Gasteiger partial charge in [0.1, 0.15) is 5.82 Å². The van der Waals surface area contributed by atoms with Gasteiger partial charge in [-0.1, -0.05) is 0 Å². The van der Waals surface area contributed by atoms with E-state index in [1.807, 2.05) is 0 Å². The number of aryl methyl sites for hydroxylation is 1. The van der Waals surface area contributed by atoms with Crippen molar-refractivity contribution in [3.8, 4) is 0 Å². The number of carboxylic acid groups (broad SMARTS) is 1. The molecule has 2 aromatic rings. The molecule has 0 unspecified atom stereocenters. The lowest BCUT2D eigenvalue weighted by Crippen LogP contribution is -2.06. The number of carbonyl (C=O) groups is 2. The standard InChI is InChI=1S/C11H10N2O4/c1-6-12-8(10(14)15)9-7(11(16)17-2)4-3-5-13(6)9/h3-5H,1-2H3,(H,14,15). The van der Waals surface area contributed by atoms with Crippen LogP contribution >= 0.6 is 0 Å². The third-order valence-electron chi connectivity index (χ3n) is 2.45. The van der Waals surface area contributed by atoms with E-state index in [4.69, 9.17) is 5.11 Å². The van der Waals surface area contributed by atoms with Crippen LogP contribution in [0.4, 0.5) is 0 Å². The molecule has 0 aliphatic heterocycles. The van der Waals surface area contributed by atoms with Crippen molar-refractivity contribution >= 4 is 17.5 Å². The Morgan fingerprint density at radius 3 is 2.76 bits per heavy atom. The van der Waals surface area contributed by atoms with E-state index in [2.05, 4.69) is 9.72 Å². The highest BCUT2D eigenvalue weighted by Crippen LogP contribution is 2.18. The highest BCUT2D eigenvalue weighted by atomic mass is 16.5. The van der Waals surface area contributed by atoms with Crippen LogP contribution in [0.2, 0.25) is 0 Å². The van der Waals surface area contributed by atoms with Gasteiger partial charge in [-0.05, 0) is 19.1 Å². The molecule has 0 aliphatic carbocycles. The molecule has 0 bridgehead atoms. The van der Waals surface area contributed by atoms with E-state index in [9.17, 15) is 9.59 Å². The van der Waals surface area contributed by atoms with E-state index in [1.54, 1.807) is 23.6 Å². The third-order valence-corrected chi connectivity index (χ3v) is 2.45. The number of pyridine rings is 1. The number of imidazole rings is 1. The first kappa shape index (κ1) is 11.1. The quantitative estimate of drug-likeness (QED) is 0.787. The molecule has 0 aliphatic rings. The Kier molecular flexibility index (Phi) is 2.55. The fourth-order valence-corrected chi connectivity index (χ4v) is 1.71. The SMILES string of the molecule is COC(=O)c1cccn2c(C)nc(C(=O)O)c12. The van der Waals surface area contributed by atoms with Crippen LogP contribution in [0.15, 0.2) is 18.3 Å². The van der Waals surface area contributed by atoms with Crippen molar-refractivity contribution in [3.63, 3.8) is 0 Å². The lowest BCUT2D eigenvalue weighted by atomic mass is 10.2. The zero-order chi connectivity index (χ0) is 12.6. The number of methoxy groups -OCH3 is 1. The fourth-order valence-electron chi connectivity index (χ4n) is 1.71. The summed E-state index contributed by atoms with van der Waals surface area (Å²) in [4.78, 5) is 26.5. The van der Waals surface area contributed by atoms with Crippen molar-refractivity contribution in [2.75, 3.05) is 7.11 Å². The number of ether oxygens (including phenoxy) is 1. The summed E-state index contributed by atoms with van der Waals surface area (Å²) >= 11 is 0. The highest BCUT2D eigenvalue weighted by molar-refractivity contribution is 6.04. The van der Waals surface area contributed by atoms with Gasteiger partial charge in [0, 0.05) is 6.20 Å². The monoisotopic (exact) mass is 234 g/mol. The van der Waals surface area contributed by atoms with Crippen LogP contribution in [-0.2, 0) is 4.74 Å². The molecule has 6 heteroatoms. The van der Waals surface area contributed by atoms with Crippen LogP contribution < -0.4 is 0 Å². The third kappa shape index (κ3) is 1.63. The zero-order valence-corrected chi connectivity index (χ0v) is 9.30. The van der Waals surface area contributed by atoms with Gasteiger partial charge < -0.3 is 14.2 Å². The van der Waals surface area contributed by atoms with Crippen molar-refractivity contribution in [2.24, 2.45) is 0 Å². The number of nitrogens with zero attached hydrogens (tertiary/aromatic N) is 2. The Hall–Kier alpha value is -2.37. The van der Waals surface area contributed by atoms with Gasteiger partial charge in [0.05, 0.1) is 18.2 Å². The Labute approximate surface area is 96.5 Å². The Bertz CT molecular complexity index is 615. The summed E-state index contributed by atoms with van der Waals surface area (Å²) in [6.45, 7) is 1.67. The number of aromatic nitrogens is 2. The smallest absolute Gasteiger partial charge is 0.356 e. The summed E-state index contributed by atoms with van der Waals surface area (Å²) in [5, 5.41) is 9.05. The molecule has 0 radical (unpaired) electrons. The summed E-state index contributed by atoms with van der Waals surface area (Å²) < 4.78 is 6.17. The molecule has 1 N–H and O–H groups in total. The molecule has 0 fully saturated rings. The van der Waals surface area contributed by atoms with E-state index >= 15 is 0 Å². The molecular weight excluding hydrogens is 224 g/mol. The van der Waals surface area contributed by atoms with Crippen LogP contribution in [0.3, 0.4) is 0 Å². The van der Waals surface area contributed by atoms with Gasteiger partial charge >= 0.3 is 11.9 Å². The van der Waals surface area contributed by atoms with E-state index in [1.165, 1.54) is 13.2 Å². The first-order valence-electron chi connectivity index (χ1n) is 4.85. The fraction of sp³-hybridized carbons (Fsp3) is 0.182. The van der Waals surface area contributed by atoms with Crippen molar-refractivity contribution in [1.29, 1.82) is 0 Å². The number of carbonyl (C=O) groups excluding carboxylic acids is 1. The van der Waals surface area contributed by atoms with Gasteiger partial charge in [0.15, 0.2) is 5.69 Å². The van der Waals surface area contributed by atoms with Crippen molar-refractivity contribution in [3.05, 3.63) is 35.4 Å². The summed E-state index contributed by atoms with van der Waals surface area (Å²) in [5.74, 6) is -1.26. The van der Waals surface area contributed by atoms with Gasteiger partial charge in [0.25, 0.3) is 0 Å². The second-order valence-electron chi connectivity index (χ2n) is 3.44. The first-order valence-corrected chi connectivity index (χ1v) is 4.85. The first-order chi connectivity index (χ1) is 8.06. The normalized spacial score (nSPS) is 10.5. The molecule has 2 aromatic heterocycles. The summed E-state index contributed by atoms with van der Waals surface area (Å²) in [6.07, 6.45) is 1.65. The molecular formula is C11H10N2O4. The van der Waals surface area contributed by atoms with Gasteiger partial charge in [-0.3, -0.25) is 0 Å². The number of esters is 1. The van der Waals surface area contributed by atoms with Gasteiger partial charge in [-0.2, -0.15) is 0 Å². The van der Waals surface area contributed by atoms with Crippen LogP contribution in [0.5, 0.6) is 0 Å². The molecule has 17 heavy (non-hydrogen) atoms. The van der Waals surface area contributed by atoms with Gasteiger partial charge in [-0.25, -0.2) is 14.6 Å². The average Bonchev–Trinajstić information content (AvgIpc) is 2.66. The molecule has 88 valence electrons. The van der Waals surface area contributed by atoms with Crippen LogP contribution in [0.1, 0.15) is 26.7 Å². The number of rotatable bonds is 2. The largest absolute Gasteiger partial charge is 0.476 e. The second-order valence-corrected chi connectivity index (χ2v) is 3.44. The average molecular weight is 234 g/mol. The number of fused-ring (bicyclic) bond motifs is 1. The molecule has 0 aromatic carbocycles. The lowest BCUT2D eigenvalue weighted by Gasteiger charge is -2.03. The Morgan fingerprint density at radius 1 is 1.47 bits per heavy atom. The van der Waals surface area contributed by atoms with Gasteiger partial charge in [0.2, 0.25) is 0 Å². The van der Waals surface area contributed by atoms with Crippen LogP contribution in [-0.4, -0.2) is 33.5 Å². The van der Waals surface area contributed by atoms with E-state index in [0.29, 0.717) is 5.82 Å². The predicted molar refractivity (Wildman–Crippen MR) is 58.2 cm³/mol. The minimum Gasteiger partial charge on any atom is -0.476 e. The maximum Gasteiger partial charge on any atom is 0.356 e.